The number of para-hydroxylation sites is 2. The van der Waals surface area contributed by atoms with E-state index in [0.29, 0.717) is 11.5 Å². The quantitative estimate of drug-likeness (QED) is 0.0456. The zero-order chi connectivity index (χ0) is 88.1. The van der Waals surface area contributed by atoms with Crippen molar-refractivity contribution in [3.05, 3.63) is 467 Å². The molecule has 0 fully saturated rings. The second-order valence-corrected chi connectivity index (χ2v) is 34.9. The van der Waals surface area contributed by atoms with Crippen LogP contribution in [0.2, 0.25) is 0 Å². The van der Waals surface area contributed by atoms with Gasteiger partial charge in [-0.15, -0.1) is 0 Å². The van der Waals surface area contributed by atoms with Crippen LogP contribution in [0.15, 0.2) is 386 Å². The van der Waals surface area contributed by atoms with E-state index in [1.807, 2.05) is 109 Å². The molecule has 2 aliphatic rings. The van der Waals surface area contributed by atoms with Crippen LogP contribution in [-0.4, -0.2) is 0 Å². The molecule has 0 aliphatic heterocycles. The molecule has 17 aromatic carbocycles. The number of hydrogen-bond acceptors (Lipinski definition) is 6. The van der Waals surface area contributed by atoms with Gasteiger partial charge < -0.3 is 28.1 Å². The number of aryl methyl sites for hydroxylation is 4. The molecule has 19 aromatic rings. The minimum Gasteiger partial charge on any atom is -0.457 e. The van der Waals surface area contributed by atoms with Crippen molar-refractivity contribution in [2.24, 2.45) is 0 Å². The SMILES string of the molecule is C=Cc1ccc(Oc2ccc(C3(c4ccc(F)cc4)c4ccccc4-c4ccc(N(c5ccc(-c6cc(CCCCCC)c(-c7ccc(N(c8ccc9c(c8)C(c8ccc(F)cc8)(c8ccc(Oc%10ccc(C=C)cc%10)cc8)c8ccccc8-9)c8ccc9oc%10ccccc%10c9c8)cc7C)cc6CCCCCC)c(C)c5)c5ccc6oc7ccccc7c6c5)cc43)cc2)cc1. The molecule has 21 rings (SSSR count). The lowest BCUT2D eigenvalue weighted by molar-refractivity contribution is 0.482. The number of fused-ring (bicyclic) bond motifs is 12. The average molecular weight is 1690 g/mol. The molecule has 2 aliphatic carbocycles. The lowest BCUT2D eigenvalue weighted by atomic mass is 9.67. The molecule has 0 bridgehead atoms. The Balaban J connectivity index is 0.700. The first-order valence-electron chi connectivity index (χ1n) is 45.7. The highest BCUT2D eigenvalue weighted by atomic mass is 19.1. The minimum absolute atomic E-state index is 0.299. The van der Waals surface area contributed by atoms with Gasteiger partial charge in [0.2, 0.25) is 0 Å². The normalized spacial score (nSPS) is 14.2. The van der Waals surface area contributed by atoms with Gasteiger partial charge in [-0.1, -0.05) is 272 Å². The molecule has 0 saturated carbocycles. The molecule has 2 unspecified atom stereocenters. The van der Waals surface area contributed by atoms with Crippen LogP contribution in [0.5, 0.6) is 23.0 Å². The van der Waals surface area contributed by atoms with Crippen LogP contribution in [0, 0.1) is 25.5 Å². The summed E-state index contributed by atoms with van der Waals surface area (Å²) in [4.78, 5) is 4.83. The molecule has 0 radical (unpaired) electrons. The fourth-order valence-electron chi connectivity index (χ4n) is 20.8. The minimum atomic E-state index is -0.885. The molecular formula is C122H98F2N2O4. The van der Waals surface area contributed by atoms with Crippen molar-refractivity contribution in [3.63, 3.8) is 0 Å². The molecule has 0 spiro atoms. The summed E-state index contributed by atoms with van der Waals surface area (Å²) in [6.07, 6.45) is 14.4. The monoisotopic (exact) mass is 1690 g/mol. The number of unbranched alkanes of at least 4 members (excludes halogenated alkanes) is 6. The Labute approximate surface area is 759 Å². The summed E-state index contributed by atoms with van der Waals surface area (Å²) in [6, 6.07) is 127. The second kappa shape index (κ2) is 34.6. The number of rotatable bonds is 28. The zero-order valence-corrected chi connectivity index (χ0v) is 73.6. The third-order valence-corrected chi connectivity index (χ3v) is 27.1. The van der Waals surface area contributed by atoms with Gasteiger partial charge >= 0.3 is 0 Å². The summed E-state index contributed by atoms with van der Waals surface area (Å²) in [7, 11) is 0. The van der Waals surface area contributed by atoms with Crippen molar-refractivity contribution in [3.8, 4) is 67.5 Å². The van der Waals surface area contributed by atoms with Crippen LogP contribution in [0.4, 0.5) is 42.9 Å². The Hall–Kier alpha value is -15.1. The first kappa shape index (κ1) is 81.9. The van der Waals surface area contributed by atoms with E-state index < -0.39 is 10.8 Å². The third-order valence-electron chi connectivity index (χ3n) is 27.1. The Morgan fingerprint density at radius 1 is 0.285 bits per heavy atom. The Morgan fingerprint density at radius 3 is 0.977 bits per heavy atom. The van der Waals surface area contributed by atoms with E-state index >= 15 is 8.78 Å². The molecule has 0 saturated heterocycles. The highest BCUT2D eigenvalue weighted by Crippen LogP contribution is 2.61. The van der Waals surface area contributed by atoms with Crippen molar-refractivity contribution in [2.75, 3.05) is 9.80 Å². The van der Waals surface area contributed by atoms with Gasteiger partial charge in [-0.25, -0.2) is 8.78 Å². The maximum absolute atomic E-state index is 15.5. The maximum atomic E-state index is 15.5. The van der Waals surface area contributed by atoms with E-state index in [-0.39, 0.29) is 11.6 Å². The Bertz CT molecular complexity index is 7080. The highest BCUT2D eigenvalue weighted by Gasteiger charge is 2.49. The first-order valence-corrected chi connectivity index (χ1v) is 45.7. The van der Waals surface area contributed by atoms with E-state index in [0.717, 1.165) is 243 Å². The van der Waals surface area contributed by atoms with Crippen molar-refractivity contribution < 1.29 is 27.1 Å². The Morgan fingerprint density at radius 2 is 0.600 bits per heavy atom. The zero-order valence-electron chi connectivity index (χ0n) is 73.6. The molecule has 2 heterocycles. The van der Waals surface area contributed by atoms with Gasteiger partial charge in [-0.2, -0.15) is 0 Å². The number of nitrogens with zero attached hydrogens (tertiary/aromatic N) is 2. The summed E-state index contributed by atoms with van der Waals surface area (Å²) >= 11 is 0. The fourth-order valence-corrected chi connectivity index (χ4v) is 20.8. The molecule has 6 nitrogen and oxygen atoms in total. The summed E-state index contributed by atoms with van der Waals surface area (Å²) in [5.41, 5.74) is 32.1. The number of anilines is 6. The number of hydrogen-bond donors (Lipinski definition) is 0. The number of ether oxygens (including phenoxy) is 2. The summed E-state index contributed by atoms with van der Waals surface area (Å²) in [5, 5.41) is 4.14. The van der Waals surface area contributed by atoms with Gasteiger partial charge in [0.1, 0.15) is 57.0 Å². The number of furan rings is 2. The van der Waals surface area contributed by atoms with Gasteiger partial charge in [0.15, 0.2) is 0 Å². The molecule has 8 heteroatoms. The predicted octanol–water partition coefficient (Wildman–Crippen LogP) is 34.5. The topological polar surface area (TPSA) is 51.2 Å². The molecule has 0 amide bonds. The standard InChI is InChI=1S/C122H98F2N2O4/c1-7-11-13-15-25-83-73-110(102-66-52-92(72-80(102)6)126(94-56-70-120-112(76-94)108-30-20-24-34-118(108)130-120)96-54-68-106-104-28-18-22-32-114(104)122(116(106)78-96,86-41-49-90(124)50-42-86)88-45-63-100(64-46-88)128-98-59-37-82(10-4)38-60-98)84(26-16-14-12-8-2)74-109(83)101-65-51-91(71-79(101)5)125(93-55-69-119-111(75-93)107-29-19-23-33-117(107)129-119)95-53-67-105-103-27-17-21-31-113(103)121(115(105)77-95,85-39-47-89(123)48-40-85)87-43-61-99(62-44-87)127-97-57-35-81(9-3)36-58-97/h9-10,17-24,27-78H,3-4,7-8,11-16,25-26H2,1-2,5-6H3. The van der Waals surface area contributed by atoms with E-state index in [9.17, 15) is 0 Å². The first-order chi connectivity index (χ1) is 63.8. The van der Waals surface area contributed by atoms with Crippen molar-refractivity contribution >= 4 is 90.2 Å². The van der Waals surface area contributed by atoms with Crippen LogP contribution in [0.3, 0.4) is 0 Å². The molecule has 634 valence electrons. The Kier molecular flexibility index (Phi) is 21.8. The largest absolute Gasteiger partial charge is 0.457 e. The average Bonchev–Trinajstić information content (AvgIpc) is 1.54. The summed E-state index contributed by atoms with van der Waals surface area (Å²) in [6.45, 7) is 17.1. The lowest BCUT2D eigenvalue weighted by Crippen LogP contribution is -2.29. The molecular weight excluding hydrogens is 1600 g/mol. The third kappa shape index (κ3) is 14.6. The smallest absolute Gasteiger partial charge is 0.135 e. The van der Waals surface area contributed by atoms with Crippen molar-refractivity contribution in [2.45, 2.75) is 103 Å². The fraction of sp³-hybridized carbons (Fsp3) is 0.131. The summed E-state index contributed by atoms with van der Waals surface area (Å²) in [5.74, 6) is 2.25. The number of benzene rings is 17. The van der Waals surface area contributed by atoms with Crippen LogP contribution in [0.1, 0.15) is 143 Å². The van der Waals surface area contributed by atoms with E-state index in [4.69, 9.17) is 18.3 Å². The maximum Gasteiger partial charge on any atom is 0.135 e. The second-order valence-electron chi connectivity index (χ2n) is 34.9. The number of halogens is 2. The summed E-state index contributed by atoms with van der Waals surface area (Å²) < 4.78 is 57.2. The molecule has 0 N–H and O–H groups in total. The van der Waals surface area contributed by atoms with E-state index in [1.54, 1.807) is 24.3 Å². The van der Waals surface area contributed by atoms with Crippen LogP contribution < -0.4 is 19.3 Å². The van der Waals surface area contributed by atoms with Gasteiger partial charge in [0.25, 0.3) is 0 Å². The van der Waals surface area contributed by atoms with Crippen LogP contribution in [0.25, 0.3) is 101 Å². The van der Waals surface area contributed by atoms with Gasteiger partial charge in [-0.05, 0) is 332 Å². The van der Waals surface area contributed by atoms with E-state index in [1.165, 1.54) is 33.4 Å². The van der Waals surface area contributed by atoms with Crippen LogP contribution >= 0.6 is 0 Å². The van der Waals surface area contributed by atoms with E-state index in [2.05, 4.69) is 293 Å². The van der Waals surface area contributed by atoms with Crippen molar-refractivity contribution in [1.82, 2.24) is 0 Å². The predicted molar refractivity (Wildman–Crippen MR) is 534 cm³/mol. The molecule has 130 heavy (non-hydrogen) atoms. The molecule has 2 aromatic heterocycles. The van der Waals surface area contributed by atoms with Gasteiger partial charge in [-0.3, -0.25) is 0 Å². The highest BCUT2D eigenvalue weighted by molar-refractivity contribution is 6.08. The lowest BCUT2D eigenvalue weighted by Gasteiger charge is -2.35. The van der Waals surface area contributed by atoms with Gasteiger partial charge in [0.05, 0.1) is 10.8 Å². The van der Waals surface area contributed by atoms with Crippen LogP contribution in [-0.2, 0) is 23.7 Å². The molecule has 2 atom stereocenters. The van der Waals surface area contributed by atoms with Gasteiger partial charge in [0, 0.05) is 55.7 Å². The van der Waals surface area contributed by atoms with Crippen molar-refractivity contribution in [1.29, 1.82) is 0 Å².